The maximum Gasteiger partial charge on any atom is 0.306 e. The normalized spacial score (nSPS) is 39.7. The Morgan fingerprint density at radius 1 is 1.20 bits per heavy atom. The quantitative estimate of drug-likeness (QED) is 0.544. The first-order valence-corrected chi connectivity index (χ1v) is 13.0. The molecule has 7 atom stereocenters. The number of unbranched alkanes of at least 4 members (excludes halogenated alkanes) is 1. The molecule has 4 aliphatic carbocycles. The molecule has 192 valence electrons. The first-order valence-electron chi connectivity index (χ1n) is 13.0. The van der Waals surface area contributed by atoms with Gasteiger partial charge in [-0.1, -0.05) is 38.8 Å². The van der Waals surface area contributed by atoms with E-state index in [0.29, 0.717) is 25.7 Å². The summed E-state index contributed by atoms with van der Waals surface area (Å²) in [6.45, 7) is 6.86. The Morgan fingerprint density at radius 2 is 1.94 bits per heavy atom. The third-order valence-corrected chi connectivity index (χ3v) is 9.50. The molecule has 0 aliphatic heterocycles. The second-order valence-electron chi connectivity index (χ2n) is 11.4. The Balaban J connectivity index is 1.70. The van der Waals surface area contributed by atoms with E-state index < -0.39 is 46.9 Å². The number of hydrogen-bond donors (Lipinski definition) is 1. The van der Waals surface area contributed by atoms with Crippen molar-refractivity contribution in [2.75, 3.05) is 6.61 Å². The van der Waals surface area contributed by atoms with Crippen molar-refractivity contribution in [2.24, 2.45) is 28.6 Å². The van der Waals surface area contributed by atoms with E-state index in [9.17, 15) is 24.3 Å². The van der Waals surface area contributed by atoms with Crippen LogP contribution in [-0.4, -0.2) is 46.9 Å². The molecular weight excluding hydrogens is 448 g/mol. The molecule has 0 amide bonds. The van der Waals surface area contributed by atoms with E-state index in [0.717, 1.165) is 24.8 Å². The lowest BCUT2D eigenvalue weighted by atomic mass is 9.46. The Morgan fingerprint density at radius 3 is 2.63 bits per heavy atom. The summed E-state index contributed by atoms with van der Waals surface area (Å²) >= 11 is 0. The first-order chi connectivity index (χ1) is 16.5. The Hall–Kier alpha value is -2.28. The van der Waals surface area contributed by atoms with E-state index >= 15 is 0 Å². The second kappa shape index (κ2) is 9.30. The average molecular weight is 487 g/mol. The lowest BCUT2D eigenvalue weighted by Gasteiger charge is -2.59. The van der Waals surface area contributed by atoms with Gasteiger partial charge >= 0.3 is 11.9 Å². The summed E-state index contributed by atoms with van der Waals surface area (Å²) < 4.78 is 11.1. The van der Waals surface area contributed by atoms with Gasteiger partial charge < -0.3 is 14.6 Å². The monoisotopic (exact) mass is 486 g/mol. The Labute approximate surface area is 207 Å². The summed E-state index contributed by atoms with van der Waals surface area (Å²) in [5, 5.41) is 11.6. The summed E-state index contributed by atoms with van der Waals surface area (Å²) in [6, 6.07) is 0. The number of fused-ring (bicyclic) bond motifs is 5. The molecule has 0 saturated heterocycles. The molecule has 7 nitrogen and oxygen atoms in total. The number of ether oxygens (including phenoxy) is 2. The van der Waals surface area contributed by atoms with Crippen molar-refractivity contribution in [3.63, 3.8) is 0 Å². The van der Waals surface area contributed by atoms with Crippen LogP contribution in [0, 0.1) is 28.6 Å². The highest BCUT2D eigenvalue weighted by Crippen LogP contribution is 2.67. The number of carbonyl (C=O) groups is 4. The van der Waals surface area contributed by atoms with Crippen molar-refractivity contribution in [3.8, 4) is 0 Å². The van der Waals surface area contributed by atoms with Crippen LogP contribution < -0.4 is 0 Å². The van der Waals surface area contributed by atoms with Crippen LogP contribution in [-0.2, 0) is 28.7 Å². The van der Waals surface area contributed by atoms with Gasteiger partial charge in [0, 0.05) is 30.1 Å². The summed E-state index contributed by atoms with van der Waals surface area (Å²) in [4.78, 5) is 50.0. The molecule has 0 aromatic heterocycles. The topological polar surface area (TPSA) is 107 Å². The summed E-state index contributed by atoms with van der Waals surface area (Å²) in [5.41, 5.74) is -1.56. The molecule has 0 radical (unpaired) electrons. The van der Waals surface area contributed by atoms with Crippen LogP contribution in [0.2, 0.25) is 0 Å². The minimum atomic E-state index is -1.43. The van der Waals surface area contributed by atoms with Gasteiger partial charge in [0.25, 0.3) is 0 Å². The van der Waals surface area contributed by atoms with E-state index in [4.69, 9.17) is 9.47 Å². The lowest BCUT2D eigenvalue weighted by molar-refractivity contribution is -0.201. The predicted molar refractivity (Wildman–Crippen MR) is 128 cm³/mol. The molecule has 0 bridgehead atoms. The largest absolute Gasteiger partial charge is 0.458 e. The number of Topliss-reactive ketones (excluding diaryl/α,β-unsaturated/α-hetero) is 1. The fourth-order valence-electron chi connectivity index (χ4n) is 7.85. The minimum absolute atomic E-state index is 0.0130. The molecule has 1 unspecified atom stereocenters. The number of hydrogen-bond acceptors (Lipinski definition) is 7. The number of allylic oxidation sites excluding steroid dienone is 4. The maximum absolute atomic E-state index is 13.6. The van der Waals surface area contributed by atoms with Crippen molar-refractivity contribution >= 4 is 23.5 Å². The zero-order valence-electron chi connectivity index (χ0n) is 21.3. The van der Waals surface area contributed by atoms with Crippen LogP contribution in [0.25, 0.3) is 0 Å². The molecule has 0 heterocycles. The Bertz CT molecular complexity index is 980. The predicted octanol–water partition coefficient (Wildman–Crippen LogP) is 3.87. The van der Waals surface area contributed by atoms with E-state index in [1.165, 1.54) is 6.92 Å². The highest BCUT2D eigenvalue weighted by atomic mass is 16.6. The third kappa shape index (κ3) is 4.09. The zero-order chi connectivity index (χ0) is 25.6. The van der Waals surface area contributed by atoms with Crippen molar-refractivity contribution in [3.05, 3.63) is 23.8 Å². The summed E-state index contributed by atoms with van der Waals surface area (Å²) in [6.07, 6.45) is 9.17. The van der Waals surface area contributed by atoms with Crippen LogP contribution in [0.1, 0.15) is 79.1 Å². The number of aliphatic hydroxyl groups is 1. The summed E-state index contributed by atoms with van der Waals surface area (Å²) in [7, 11) is 0. The van der Waals surface area contributed by atoms with E-state index in [1.54, 1.807) is 12.2 Å². The highest BCUT2D eigenvalue weighted by molar-refractivity contribution is 6.01. The number of ketones is 2. The summed E-state index contributed by atoms with van der Waals surface area (Å²) in [5.74, 6) is -1.31. The number of carbonyl (C=O) groups excluding carboxylic acids is 4. The SMILES string of the molecule is CCCCC(=O)OC1(C(=O)COC(C)=O)CC[C@H]2[C@@H]3CCC4=CC(=O)C=C[C@]4(C)[C@H]3[C@@H](O)C[C@@]21C. The van der Waals surface area contributed by atoms with Gasteiger partial charge in [-0.05, 0) is 62.5 Å². The van der Waals surface area contributed by atoms with Crippen LogP contribution in [0.5, 0.6) is 0 Å². The zero-order valence-corrected chi connectivity index (χ0v) is 21.3. The van der Waals surface area contributed by atoms with E-state index in [2.05, 4.69) is 6.92 Å². The van der Waals surface area contributed by atoms with Gasteiger partial charge in [-0.3, -0.25) is 19.2 Å². The average Bonchev–Trinajstić information content (AvgIpc) is 3.08. The maximum atomic E-state index is 13.6. The number of esters is 2. The van der Waals surface area contributed by atoms with Gasteiger partial charge in [0.2, 0.25) is 5.78 Å². The Kier molecular flexibility index (Phi) is 6.86. The molecule has 3 saturated carbocycles. The molecule has 0 aromatic carbocycles. The molecule has 4 rings (SSSR count). The standard InChI is InChI=1S/C28H38O7/c1-5-6-7-24(33)35-28(23(32)16-34-17(2)29)13-11-21-20-9-8-18-14-19(30)10-12-26(18,3)25(20)22(31)15-27(21,28)4/h10,12,14,20-22,25,31H,5-9,11,13,15-16H2,1-4H3/t20-,21-,22-,25+,26-,27-,28?/m0/s1. The number of rotatable bonds is 7. The van der Waals surface area contributed by atoms with Gasteiger partial charge in [-0.2, -0.15) is 0 Å². The van der Waals surface area contributed by atoms with Crippen LogP contribution in [0.15, 0.2) is 23.8 Å². The minimum Gasteiger partial charge on any atom is -0.458 e. The molecule has 0 aromatic rings. The highest BCUT2D eigenvalue weighted by Gasteiger charge is 2.70. The fraction of sp³-hybridized carbons (Fsp3) is 0.714. The van der Waals surface area contributed by atoms with Crippen LogP contribution in [0.4, 0.5) is 0 Å². The van der Waals surface area contributed by atoms with E-state index in [-0.39, 0.29) is 30.0 Å². The lowest BCUT2D eigenvalue weighted by Crippen LogP contribution is -2.63. The van der Waals surface area contributed by atoms with Gasteiger partial charge in [-0.25, -0.2) is 0 Å². The van der Waals surface area contributed by atoms with Crippen LogP contribution in [0.3, 0.4) is 0 Å². The molecule has 7 heteroatoms. The molecule has 4 aliphatic rings. The molecular formula is C28H38O7. The van der Waals surface area contributed by atoms with Gasteiger partial charge in [0.15, 0.2) is 18.0 Å². The van der Waals surface area contributed by atoms with Crippen molar-refractivity contribution < 1.29 is 33.8 Å². The molecule has 0 spiro atoms. The van der Waals surface area contributed by atoms with E-state index in [1.807, 2.05) is 19.9 Å². The molecule has 1 N–H and O–H groups in total. The van der Waals surface area contributed by atoms with Gasteiger partial charge in [0.05, 0.1) is 6.10 Å². The van der Waals surface area contributed by atoms with Crippen molar-refractivity contribution in [1.82, 2.24) is 0 Å². The first kappa shape index (κ1) is 25.8. The van der Waals surface area contributed by atoms with Gasteiger partial charge in [-0.15, -0.1) is 0 Å². The van der Waals surface area contributed by atoms with Crippen molar-refractivity contribution in [2.45, 2.75) is 90.8 Å². The van der Waals surface area contributed by atoms with Crippen molar-refractivity contribution in [1.29, 1.82) is 0 Å². The van der Waals surface area contributed by atoms with Crippen LogP contribution >= 0.6 is 0 Å². The second-order valence-corrected chi connectivity index (χ2v) is 11.4. The molecule has 3 fully saturated rings. The van der Waals surface area contributed by atoms with Gasteiger partial charge in [0.1, 0.15) is 0 Å². The molecule has 35 heavy (non-hydrogen) atoms. The fourth-order valence-corrected chi connectivity index (χ4v) is 7.85. The number of aliphatic hydroxyl groups excluding tert-OH is 1. The third-order valence-electron chi connectivity index (χ3n) is 9.50. The smallest absolute Gasteiger partial charge is 0.306 e.